The van der Waals surface area contributed by atoms with Gasteiger partial charge < -0.3 is 15.0 Å². The van der Waals surface area contributed by atoms with Gasteiger partial charge in [-0.15, -0.1) is 11.3 Å². The zero-order chi connectivity index (χ0) is 17.8. The molecule has 1 atom stereocenters. The predicted molar refractivity (Wildman–Crippen MR) is 97.1 cm³/mol. The van der Waals surface area contributed by atoms with Crippen LogP contribution in [0.5, 0.6) is 0 Å². The lowest BCUT2D eigenvalue weighted by Crippen LogP contribution is -2.40. The van der Waals surface area contributed by atoms with E-state index in [0.717, 1.165) is 42.3 Å². The molecule has 3 heterocycles. The first-order chi connectivity index (χ1) is 12.1. The van der Waals surface area contributed by atoms with E-state index in [9.17, 15) is 4.79 Å². The van der Waals surface area contributed by atoms with E-state index in [-0.39, 0.29) is 18.6 Å². The second kappa shape index (κ2) is 7.88. The van der Waals surface area contributed by atoms with Crippen molar-refractivity contribution in [3.05, 3.63) is 28.7 Å². The van der Waals surface area contributed by atoms with E-state index >= 15 is 0 Å². The largest absolute Gasteiger partial charge is 0.375 e. The molecule has 8 heteroatoms. The Bertz CT molecular complexity index is 748. The zero-order valence-corrected chi connectivity index (χ0v) is 15.6. The van der Waals surface area contributed by atoms with E-state index in [2.05, 4.69) is 20.3 Å². The van der Waals surface area contributed by atoms with E-state index in [1.807, 2.05) is 30.2 Å². The molecule has 1 aliphatic heterocycles. The highest BCUT2D eigenvalue weighted by atomic mass is 32.1. The van der Waals surface area contributed by atoms with E-state index in [1.165, 1.54) is 0 Å². The summed E-state index contributed by atoms with van der Waals surface area (Å²) < 4.78 is 5.03. The molecule has 1 saturated heterocycles. The Morgan fingerprint density at radius 3 is 2.92 bits per heavy atom. The monoisotopic (exact) mass is 361 g/mol. The summed E-state index contributed by atoms with van der Waals surface area (Å²) >= 11 is 1.54. The van der Waals surface area contributed by atoms with Crippen molar-refractivity contribution in [1.82, 2.24) is 19.9 Å². The molecule has 25 heavy (non-hydrogen) atoms. The molecule has 2 aromatic rings. The van der Waals surface area contributed by atoms with Gasteiger partial charge in [-0.25, -0.2) is 15.0 Å². The summed E-state index contributed by atoms with van der Waals surface area (Å²) in [4.78, 5) is 27.7. The van der Waals surface area contributed by atoms with E-state index < -0.39 is 0 Å². The van der Waals surface area contributed by atoms with Crippen molar-refractivity contribution in [2.45, 2.75) is 39.2 Å². The molecule has 0 aromatic carbocycles. The number of amides is 1. The van der Waals surface area contributed by atoms with Gasteiger partial charge >= 0.3 is 0 Å². The number of anilines is 2. The fourth-order valence-electron chi connectivity index (χ4n) is 3.09. The standard InChI is InChI=1S/C17H23N5O2S/c1-11-10-25-17(18-11)21-15-8-13(19-12(2)20-15)14-6-4-5-7-22(14)16(23)9-24-3/h8,10,14H,4-7,9H2,1-3H3,(H,18,19,20,21)/t14-/m0/s1. The third kappa shape index (κ3) is 4.32. The molecule has 0 aliphatic carbocycles. The van der Waals surface area contributed by atoms with Gasteiger partial charge in [0.15, 0.2) is 5.13 Å². The number of likely N-dealkylation sites (tertiary alicyclic amines) is 1. The Morgan fingerprint density at radius 1 is 1.36 bits per heavy atom. The van der Waals surface area contributed by atoms with Gasteiger partial charge in [0.1, 0.15) is 18.2 Å². The summed E-state index contributed by atoms with van der Waals surface area (Å²) in [5, 5.41) is 6.04. The number of nitrogens with zero attached hydrogens (tertiary/aromatic N) is 4. The number of aryl methyl sites for hydroxylation is 2. The van der Waals surface area contributed by atoms with Crippen molar-refractivity contribution in [3.8, 4) is 0 Å². The first kappa shape index (κ1) is 17.8. The van der Waals surface area contributed by atoms with Crippen LogP contribution >= 0.6 is 11.3 Å². The normalized spacial score (nSPS) is 17.6. The van der Waals surface area contributed by atoms with E-state index in [4.69, 9.17) is 4.74 Å². The SMILES string of the molecule is COCC(=O)N1CCCC[C@H]1c1cc(Nc2nc(C)cs2)nc(C)n1. The number of nitrogens with one attached hydrogen (secondary N) is 1. The average molecular weight is 361 g/mol. The van der Waals surface area contributed by atoms with E-state index in [0.29, 0.717) is 11.6 Å². The molecule has 0 saturated carbocycles. The molecular weight excluding hydrogens is 338 g/mol. The molecule has 1 amide bonds. The number of hydrogen-bond acceptors (Lipinski definition) is 7. The highest BCUT2D eigenvalue weighted by molar-refractivity contribution is 7.13. The highest BCUT2D eigenvalue weighted by Gasteiger charge is 2.29. The number of rotatable bonds is 5. The minimum absolute atomic E-state index is 0.00789. The molecule has 134 valence electrons. The number of methoxy groups -OCH3 is 1. The van der Waals surface area contributed by atoms with Gasteiger partial charge in [0.05, 0.1) is 17.4 Å². The third-order valence-electron chi connectivity index (χ3n) is 4.14. The van der Waals surface area contributed by atoms with Crippen LogP contribution < -0.4 is 5.32 Å². The van der Waals surface area contributed by atoms with E-state index in [1.54, 1.807) is 18.4 Å². The minimum Gasteiger partial charge on any atom is -0.375 e. The Labute approximate surface area is 151 Å². The Morgan fingerprint density at radius 2 is 2.20 bits per heavy atom. The van der Waals surface area contributed by atoms with Crippen LogP contribution in [0.4, 0.5) is 10.9 Å². The fraction of sp³-hybridized carbons (Fsp3) is 0.529. The number of carbonyl (C=O) groups is 1. The van der Waals surface area contributed by atoms with Gasteiger partial charge in [-0.3, -0.25) is 4.79 Å². The number of carbonyl (C=O) groups excluding carboxylic acids is 1. The van der Waals surface area contributed by atoms with Gasteiger partial charge in [-0.1, -0.05) is 0 Å². The zero-order valence-electron chi connectivity index (χ0n) is 14.8. The van der Waals surface area contributed by atoms with Crippen molar-refractivity contribution in [2.75, 3.05) is 25.6 Å². The summed E-state index contributed by atoms with van der Waals surface area (Å²) in [5.41, 5.74) is 1.84. The maximum Gasteiger partial charge on any atom is 0.249 e. The molecule has 7 nitrogen and oxygen atoms in total. The summed E-state index contributed by atoms with van der Waals surface area (Å²) in [7, 11) is 1.55. The Kier molecular flexibility index (Phi) is 5.60. The number of piperidine rings is 1. The molecule has 1 N–H and O–H groups in total. The summed E-state index contributed by atoms with van der Waals surface area (Å²) in [6.45, 7) is 4.67. The Hall–Kier alpha value is -2.06. The van der Waals surface area contributed by atoms with Crippen LogP contribution in [-0.2, 0) is 9.53 Å². The molecule has 1 fully saturated rings. The minimum atomic E-state index is -0.0309. The molecule has 0 radical (unpaired) electrons. The maximum atomic E-state index is 12.4. The molecule has 2 aromatic heterocycles. The lowest BCUT2D eigenvalue weighted by Gasteiger charge is -2.35. The molecule has 3 rings (SSSR count). The molecule has 0 bridgehead atoms. The van der Waals surface area contributed by atoms with Crippen LogP contribution in [-0.4, -0.2) is 46.0 Å². The second-order valence-corrected chi connectivity index (χ2v) is 7.03. The first-order valence-electron chi connectivity index (χ1n) is 8.40. The number of hydrogen-bond donors (Lipinski definition) is 1. The molecule has 0 spiro atoms. The van der Waals surface area contributed by atoms with Gasteiger partial charge in [0, 0.05) is 25.1 Å². The van der Waals surface area contributed by atoms with Crippen LogP contribution in [0.2, 0.25) is 0 Å². The Balaban J connectivity index is 1.85. The van der Waals surface area contributed by atoms with Gasteiger partial charge in [0.25, 0.3) is 0 Å². The van der Waals surface area contributed by atoms with Gasteiger partial charge in [0.2, 0.25) is 5.91 Å². The van der Waals surface area contributed by atoms with Crippen LogP contribution in [0.15, 0.2) is 11.4 Å². The van der Waals surface area contributed by atoms with Gasteiger partial charge in [-0.05, 0) is 33.1 Å². The third-order valence-corrected chi connectivity index (χ3v) is 5.02. The van der Waals surface area contributed by atoms with Crippen molar-refractivity contribution in [1.29, 1.82) is 0 Å². The number of ether oxygens (including phenoxy) is 1. The van der Waals surface area contributed by atoms with Crippen LogP contribution in [0.25, 0.3) is 0 Å². The first-order valence-corrected chi connectivity index (χ1v) is 9.28. The van der Waals surface area contributed by atoms with Crippen LogP contribution in [0.3, 0.4) is 0 Å². The quantitative estimate of drug-likeness (QED) is 0.882. The van der Waals surface area contributed by atoms with Gasteiger partial charge in [-0.2, -0.15) is 0 Å². The lowest BCUT2D eigenvalue weighted by molar-refractivity contribution is -0.139. The number of thiazole rings is 1. The van der Waals surface area contributed by atoms with Crippen LogP contribution in [0, 0.1) is 13.8 Å². The second-order valence-electron chi connectivity index (χ2n) is 6.18. The topological polar surface area (TPSA) is 80.2 Å². The number of aromatic nitrogens is 3. The smallest absolute Gasteiger partial charge is 0.249 e. The maximum absolute atomic E-state index is 12.4. The summed E-state index contributed by atoms with van der Waals surface area (Å²) in [6, 6.07) is 1.89. The lowest BCUT2D eigenvalue weighted by atomic mass is 9.99. The predicted octanol–water partition coefficient (Wildman–Crippen LogP) is 2.99. The highest BCUT2D eigenvalue weighted by Crippen LogP contribution is 2.31. The van der Waals surface area contributed by atoms with Crippen molar-refractivity contribution in [3.63, 3.8) is 0 Å². The van der Waals surface area contributed by atoms with Crippen molar-refractivity contribution < 1.29 is 9.53 Å². The van der Waals surface area contributed by atoms with Crippen LogP contribution in [0.1, 0.15) is 42.5 Å². The molecule has 0 unspecified atom stereocenters. The summed E-state index contributed by atoms with van der Waals surface area (Å²) in [6.07, 6.45) is 3.00. The molecule has 1 aliphatic rings. The average Bonchev–Trinajstić information content (AvgIpc) is 2.99. The fourth-order valence-corrected chi connectivity index (χ4v) is 3.79. The van der Waals surface area contributed by atoms with Crippen molar-refractivity contribution in [2.24, 2.45) is 0 Å². The molecular formula is C17H23N5O2S. The summed E-state index contributed by atoms with van der Waals surface area (Å²) in [5.74, 6) is 1.40. The van der Waals surface area contributed by atoms with Crippen molar-refractivity contribution >= 4 is 28.2 Å².